The van der Waals surface area contributed by atoms with Crippen LogP contribution in [0.3, 0.4) is 0 Å². The molecular formula is C20H33N5O2. The maximum Gasteiger partial charge on any atom is 0.407 e. The van der Waals surface area contributed by atoms with Crippen molar-refractivity contribution in [1.29, 1.82) is 0 Å². The van der Waals surface area contributed by atoms with Gasteiger partial charge in [-0.3, -0.25) is 4.99 Å². The van der Waals surface area contributed by atoms with Gasteiger partial charge in [0.1, 0.15) is 5.60 Å². The minimum Gasteiger partial charge on any atom is -0.444 e. The van der Waals surface area contributed by atoms with Crippen molar-refractivity contribution in [2.75, 3.05) is 51.2 Å². The lowest BCUT2D eigenvalue weighted by atomic mass is 10.2. The Balaban J connectivity index is 1.66. The van der Waals surface area contributed by atoms with Gasteiger partial charge in [0.15, 0.2) is 5.96 Å². The number of guanidine groups is 1. The predicted molar refractivity (Wildman–Crippen MR) is 110 cm³/mol. The molecule has 0 radical (unpaired) electrons. The van der Waals surface area contributed by atoms with Crippen molar-refractivity contribution >= 4 is 17.7 Å². The summed E-state index contributed by atoms with van der Waals surface area (Å²) in [5.41, 5.74) is 0.806. The van der Waals surface area contributed by atoms with E-state index >= 15 is 0 Å². The van der Waals surface area contributed by atoms with Crippen LogP contribution < -0.4 is 15.5 Å². The second-order valence-corrected chi connectivity index (χ2v) is 7.57. The highest BCUT2D eigenvalue weighted by molar-refractivity contribution is 5.80. The van der Waals surface area contributed by atoms with Gasteiger partial charge in [-0.15, -0.1) is 0 Å². The van der Waals surface area contributed by atoms with Gasteiger partial charge in [-0.25, -0.2) is 4.79 Å². The number of carbonyl (C=O) groups excluding carboxylic acids is 1. The molecule has 7 nitrogen and oxygen atoms in total. The number of ether oxygens (including phenoxy) is 1. The van der Waals surface area contributed by atoms with E-state index in [0.717, 1.165) is 45.1 Å². The molecule has 2 rings (SSSR count). The van der Waals surface area contributed by atoms with Crippen molar-refractivity contribution in [2.45, 2.75) is 32.8 Å². The number of hydrogen-bond donors (Lipinski definition) is 2. The number of benzene rings is 1. The van der Waals surface area contributed by atoms with Crippen LogP contribution in [0.5, 0.6) is 0 Å². The normalized spacial score (nSPS) is 15.5. The molecule has 1 fully saturated rings. The molecule has 1 amide bonds. The molecule has 1 aliphatic rings. The summed E-state index contributed by atoms with van der Waals surface area (Å²) < 4.78 is 5.22. The van der Waals surface area contributed by atoms with Crippen LogP contribution in [0.2, 0.25) is 0 Å². The summed E-state index contributed by atoms with van der Waals surface area (Å²) in [6.45, 7) is 10.7. The highest BCUT2D eigenvalue weighted by Crippen LogP contribution is 2.15. The van der Waals surface area contributed by atoms with E-state index in [9.17, 15) is 4.79 Å². The third-order valence-corrected chi connectivity index (χ3v) is 4.22. The summed E-state index contributed by atoms with van der Waals surface area (Å²) in [6, 6.07) is 10.5. The Hall–Kier alpha value is -2.44. The first-order chi connectivity index (χ1) is 12.9. The standard InChI is InChI=1S/C20H33N5O2/c1-20(2,3)27-19(26)23-12-8-11-22-18(21-4)25-15-13-24(14-16-25)17-9-6-5-7-10-17/h5-7,9-10H,8,11-16H2,1-4H3,(H,21,22)(H,23,26). The minimum absolute atomic E-state index is 0.371. The first-order valence-corrected chi connectivity index (χ1v) is 9.61. The summed E-state index contributed by atoms with van der Waals surface area (Å²) in [4.78, 5) is 20.7. The van der Waals surface area contributed by atoms with Crippen LogP contribution in [0.25, 0.3) is 0 Å². The monoisotopic (exact) mass is 375 g/mol. The quantitative estimate of drug-likeness (QED) is 0.470. The van der Waals surface area contributed by atoms with Crippen LogP contribution >= 0.6 is 0 Å². The van der Waals surface area contributed by atoms with Crippen molar-refractivity contribution in [3.63, 3.8) is 0 Å². The summed E-state index contributed by atoms with van der Waals surface area (Å²) in [5, 5.41) is 6.15. The average Bonchev–Trinajstić information content (AvgIpc) is 2.64. The van der Waals surface area contributed by atoms with E-state index in [1.165, 1.54) is 5.69 Å². The van der Waals surface area contributed by atoms with Gasteiger partial charge in [-0.2, -0.15) is 0 Å². The third kappa shape index (κ3) is 7.37. The van der Waals surface area contributed by atoms with Crippen molar-refractivity contribution in [2.24, 2.45) is 4.99 Å². The van der Waals surface area contributed by atoms with E-state index in [1.807, 2.05) is 33.9 Å². The van der Waals surface area contributed by atoms with Crippen LogP contribution in [0.15, 0.2) is 35.3 Å². The topological polar surface area (TPSA) is 69.2 Å². The molecule has 27 heavy (non-hydrogen) atoms. The van der Waals surface area contributed by atoms with Crippen LogP contribution in [-0.4, -0.2) is 68.9 Å². The molecule has 0 bridgehead atoms. The summed E-state index contributed by atoms with van der Waals surface area (Å²) >= 11 is 0. The van der Waals surface area contributed by atoms with Gasteiger partial charge in [-0.1, -0.05) is 18.2 Å². The molecule has 150 valence electrons. The smallest absolute Gasteiger partial charge is 0.407 e. The number of nitrogens with zero attached hydrogens (tertiary/aromatic N) is 3. The molecular weight excluding hydrogens is 342 g/mol. The number of amides is 1. The maximum absolute atomic E-state index is 11.6. The van der Waals surface area contributed by atoms with Gasteiger partial charge in [0, 0.05) is 52.0 Å². The molecule has 0 atom stereocenters. The number of hydrogen-bond acceptors (Lipinski definition) is 4. The third-order valence-electron chi connectivity index (χ3n) is 4.22. The predicted octanol–water partition coefficient (Wildman–Crippen LogP) is 2.30. The van der Waals surface area contributed by atoms with E-state index in [4.69, 9.17) is 4.74 Å². The van der Waals surface area contributed by atoms with Crippen LogP contribution in [0.1, 0.15) is 27.2 Å². The fourth-order valence-electron chi connectivity index (χ4n) is 2.94. The molecule has 1 aliphatic heterocycles. The van der Waals surface area contributed by atoms with Crippen LogP contribution in [0, 0.1) is 0 Å². The van der Waals surface area contributed by atoms with Gasteiger partial charge < -0.3 is 25.2 Å². The number of aliphatic imine (C=N–C) groups is 1. The molecule has 0 spiro atoms. The molecule has 2 N–H and O–H groups in total. The van der Waals surface area contributed by atoms with Crippen LogP contribution in [-0.2, 0) is 4.74 Å². The number of rotatable bonds is 5. The first-order valence-electron chi connectivity index (χ1n) is 9.61. The fraction of sp³-hybridized carbons (Fsp3) is 0.600. The molecule has 0 aromatic heterocycles. The second-order valence-electron chi connectivity index (χ2n) is 7.57. The van der Waals surface area contributed by atoms with E-state index in [1.54, 1.807) is 0 Å². The molecule has 1 aromatic rings. The minimum atomic E-state index is -0.466. The number of para-hydroxylation sites is 1. The van der Waals surface area contributed by atoms with Gasteiger partial charge in [0.25, 0.3) is 0 Å². The molecule has 7 heteroatoms. The molecule has 1 saturated heterocycles. The lowest BCUT2D eigenvalue weighted by Crippen LogP contribution is -2.52. The first kappa shape index (κ1) is 20.9. The Labute approximate surface area is 162 Å². The highest BCUT2D eigenvalue weighted by atomic mass is 16.6. The molecule has 1 aromatic carbocycles. The number of anilines is 1. The SMILES string of the molecule is CN=C(NCCCNC(=O)OC(C)(C)C)N1CCN(c2ccccc2)CC1. The van der Waals surface area contributed by atoms with Gasteiger partial charge in [0.05, 0.1) is 0 Å². The molecule has 1 heterocycles. The zero-order chi connectivity index (χ0) is 19.7. The van der Waals surface area contributed by atoms with Crippen molar-refractivity contribution in [3.05, 3.63) is 30.3 Å². The van der Waals surface area contributed by atoms with E-state index in [-0.39, 0.29) is 6.09 Å². The van der Waals surface area contributed by atoms with Crippen LogP contribution in [0.4, 0.5) is 10.5 Å². The van der Waals surface area contributed by atoms with E-state index in [0.29, 0.717) is 6.54 Å². The van der Waals surface area contributed by atoms with Gasteiger partial charge in [0.2, 0.25) is 0 Å². The second kappa shape index (κ2) is 10.0. The average molecular weight is 376 g/mol. The zero-order valence-corrected chi connectivity index (χ0v) is 17.0. The fourth-order valence-corrected chi connectivity index (χ4v) is 2.94. The summed E-state index contributed by atoms with van der Waals surface area (Å²) in [7, 11) is 1.81. The van der Waals surface area contributed by atoms with E-state index < -0.39 is 5.60 Å². The van der Waals surface area contributed by atoms with Crippen molar-refractivity contribution in [1.82, 2.24) is 15.5 Å². The lowest BCUT2D eigenvalue weighted by Gasteiger charge is -2.37. The maximum atomic E-state index is 11.6. The Kier molecular flexibility index (Phi) is 7.76. The van der Waals surface area contributed by atoms with Gasteiger partial charge in [-0.05, 0) is 39.3 Å². The molecule has 0 saturated carbocycles. The number of nitrogens with one attached hydrogen (secondary N) is 2. The largest absolute Gasteiger partial charge is 0.444 e. The number of alkyl carbamates (subject to hydrolysis) is 1. The summed E-state index contributed by atoms with van der Waals surface area (Å²) in [5.74, 6) is 0.917. The molecule has 0 unspecified atom stereocenters. The molecule has 0 aliphatic carbocycles. The van der Waals surface area contributed by atoms with Crippen molar-refractivity contribution < 1.29 is 9.53 Å². The van der Waals surface area contributed by atoms with Crippen molar-refractivity contribution in [3.8, 4) is 0 Å². The number of piperazine rings is 1. The Bertz CT molecular complexity index is 605. The Morgan fingerprint density at radius 3 is 2.30 bits per heavy atom. The Morgan fingerprint density at radius 2 is 1.70 bits per heavy atom. The highest BCUT2D eigenvalue weighted by Gasteiger charge is 2.19. The van der Waals surface area contributed by atoms with E-state index in [2.05, 4.69) is 49.7 Å². The number of carbonyl (C=O) groups is 1. The lowest BCUT2D eigenvalue weighted by molar-refractivity contribution is 0.0527. The van der Waals surface area contributed by atoms with Gasteiger partial charge >= 0.3 is 6.09 Å². The Morgan fingerprint density at radius 1 is 1.07 bits per heavy atom. The summed E-state index contributed by atoms with van der Waals surface area (Å²) in [6.07, 6.45) is 0.436. The zero-order valence-electron chi connectivity index (χ0n) is 17.0.